The number of ether oxygens (including phenoxy) is 2. The van der Waals surface area contributed by atoms with E-state index in [9.17, 15) is 9.18 Å². The minimum Gasteiger partial charge on any atom is -0.444 e. The number of hydrogen-bond acceptors (Lipinski definition) is 4. The summed E-state index contributed by atoms with van der Waals surface area (Å²) in [6, 6.07) is 4.43. The molecule has 1 aromatic rings. The number of carbonyl (C=O) groups is 1. The van der Waals surface area contributed by atoms with Crippen molar-refractivity contribution in [3.63, 3.8) is 0 Å². The Kier molecular flexibility index (Phi) is 5.82. The second-order valence-corrected chi connectivity index (χ2v) is 6.70. The summed E-state index contributed by atoms with van der Waals surface area (Å²) in [5, 5.41) is 5.99. The van der Waals surface area contributed by atoms with Crippen molar-refractivity contribution in [2.24, 2.45) is 0 Å². The molecule has 1 aliphatic heterocycles. The number of carbonyl (C=O) groups excluding carboxylic acids is 1. The van der Waals surface area contributed by atoms with Gasteiger partial charge in [0.15, 0.2) is 0 Å². The van der Waals surface area contributed by atoms with E-state index in [2.05, 4.69) is 10.6 Å². The zero-order valence-electron chi connectivity index (χ0n) is 13.9. The summed E-state index contributed by atoms with van der Waals surface area (Å²) in [5.41, 5.74) is 0.477. The summed E-state index contributed by atoms with van der Waals surface area (Å²) in [4.78, 5) is 11.9. The largest absolute Gasteiger partial charge is 0.444 e. The molecule has 0 spiro atoms. The smallest absolute Gasteiger partial charge is 0.412 e. The molecule has 1 fully saturated rings. The molecule has 2 rings (SSSR count). The first-order valence-electron chi connectivity index (χ1n) is 7.97. The van der Waals surface area contributed by atoms with Gasteiger partial charge >= 0.3 is 6.09 Å². The molecule has 0 radical (unpaired) electrons. The van der Waals surface area contributed by atoms with E-state index in [1.165, 1.54) is 18.2 Å². The number of amides is 1. The van der Waals surface area contributed by atoms with Gasteiger partial charge in [0.1, 0.15) is 11.4 Å². The summed E-state index contributed by atoms with van der Waals surface area (Å²) in [6.07, 6.45) is 2.20. The number of halogens is 1. The van der Waals surface area contributed by atoms with Gasteiger partial charge in [-0.25, -0.2) is 9.18 Å². The van der Waals surface area contributed by atoms with Gasteiger partial charge in [0.2, 0.25) is 0 Å². The molecule has 1 atom stereocenters. The molecule has 0 aliphatic carbocycles. The highest BCUT2D eigenvalue weighted by molar-refractivity contribution is 5.89. The maximum Gasteiger partial charge on any atom is 0.412 e. The van der Waals surface area contributed by atoms with Gasteiger partial charge in [0.05, 0.1) is 11.4 Å². The third-order valence-electron chi connectivity index (χ3n) is 3.43. The first-order chi connectivity index (χ1) is 10.8. The highest BCUT2D eigenvalue weighted by Gasteiger charge is 2.19. The minimum atomic E-state index is -0.587. The number of rotatable bonds is 3. The number of nitrogens with one attached hydrogen (secondary N) is 2. The molecule has 6 heteroatoms. The fourth-order valence-corrected chi connectivity index (χ4v) is 2.43. The molecule has 2 N–H and O–H groups in total. The van der Waals surface area contributed by atoms with Gasteiger partial charge in [0, 0.05) is 19.3 Å². The Morgan fingerprint density at radius 2 is 2.04 bits per heavy atom. The van der Waals surface area contributed by atoms with Crippen LogP contribution in [0.5, 0.6) is 0 Å². The third kappa shape index (κ3) is 6.06. The van der Waals surface area contributed by atoms with Crippen molar-refractivity contribution in [3.05, 3.63) is 24.0 Å². The Morgan fingerprint density at radius 1 is 1.26 bits per heavy atom. The van der Waals surface area contributed by atoms with Crippen LogP contribution >= 0.6 is 0 Å². The molecule has 1 heterocycles. The van der Waals surface area contributed by atoms with Gasteiger partial charge in [0.25, 0.3) is 0 Å². The van der Waals surface area contributed by atoms with Crippen LogP contribution in [-0.2, 0) is 9.47 Å². The first-order valence-corrected chi connectivity index (χ1v) is 7.97. The van der Waals surface area contributed by atoms with Crippen LogP contribution in [0.1, 0.15) is 40.0 Å². The Hall–Kier alpha value is -1.82. The van der Waals surface area contributed by atoms with Crippen molar-refractivity contribution >= 4 is 17.5 Å². The van der Waals surface area contributed by atoms with Crippen molar-refractivity contribution in [1.82, 2.24) is 0 Å². The van der Waals surface area contributed by atoms with Gasteiger partial charge in [-0.05, 0) is 58.2 Å². The SMILES string of the molecule is CC(C)(C)OC(=O)Nc1ccc(F)cc1NC1CCCOCC1. The highest BCUT2D eigenvalue weighted by Crippen LogP contribution is 2.26. The molecule has 5 nitrogen and oxygen atoms in total. The van der Waals surface area contributed by atoms with E-state index in [0.717, 1.165) is 25.9 Å². The molecule has 0 saturated carbocycles. The lowest BCUT2D eigenvalue weighted by atomic mass is 10.1. The van der Waals surface area contributed by atoms with Crippen LogP contribution < -0.4 is 10.6 Å². The minimum absolute atomic E-state index is 0.193. The average Bonchev–Trinajstić information content (AvgIpc) is 2.68. The number of benzene rings is 1. The van der Waals surface area contributed by atoms with Crippen molar-refractivity contribution in [3.8, 4) is 0 Å². The van der Waals surface area contributed by atoms with Crippen LogP contribution in [0.15, 0.2) is 18.2 Å². The predicted molar refractivity (Wildman–Crippen MR) is 88.3 cm³/mol. The van der Waals surface area contributed by atoms with Crippen LogP contribution in [0.3, 0.4) is 0 Å². The quantitative estimate of drug-likeness (QED) is 0.877. The lowest BCUT2D eigenvalue weighted by molar-refractivity contribution is 0.0636. The highest BCUT2D eigenvalue weighted by atomic mass is 19.1. The van der Waals surface area contributed by atoms with Gasteiger partial charge in [-0.15, -0.1) is 0 Å². The Balaban J connectivity index is 2.08. The number of hydrogen-bond donors (Lipinski definition) is 2. The molecule has 128 valence electrons. The van der Waals surface area contributed by atoms with E-state index in [-0.39, 0.29) is 11.9 Å². The normalized spacial score (nSPS) is 18.9. The first kappa shape index (κ1) is 17.5. The molecule has 1 unspecified atom stereocenters. The van der Waals surface area contributed by atoms with Crippen molar-refractivity contribution in [2.45, 2.75) is 51.7 Å². The van der Waals surface area contributed by atoms with E-state index in [1.54, 1.807) is 20.8 Å². The number of anilines is 2. The molecule has 1 aliphatic rings. The van der Waals surface area contributed by atoms with E-state index < -0.39 is 11.7 Å². The fourth-order valence-electron chi connectivity index (χ4n) is 2.43. The van der Waals surface area contributed by atoms with E-state index in [1.807, 2.05) is 0 Å². The van der Waals surface area contributed by atoms with Gasteiger partial charge in [-0.2, -0.15) is 0 Å². The molecule has 0 bridgehead atoms. The van der Waals surface area contributed by atoms with Crippen LogP contribution in [-0.4, -0.2) is 30.9 Å². The standard InChI is InChI=1S/C17H25FN2O3/c1-17(2,3)23-16(21)20-14-7-6-12(18)11-15(14)19-13-5-4-9-22-10-8-13/h6-7,11,13,19H,4-5,8-10H2,1-3H3,(H,20,21). The predicted octanol–water partition coefficient (Wildman–Crippen LogP) is 4.15. The second-order valence-electron chi connectivity index (χ2n) is 6.70. The summed E-state index contributed by atoms with van der Waals surface area (Å²) in [7, 11) is 0. The second kappa shape index (κ2) is 7.64. The Labute approximate surface area is 136 Å². The summed E-state index contributed by atoms with van der Waals surface area (Å²) < 4.78 is 24.3. The van der Waals surface area contributed by atoms with Crippen molar-refractivity contribution in [1.29, 1.82) is 0 Å². The zero-order chi connectivity index (χ0) is 16.9. The molecule has 1 saturated heterocycles. The summed E-state index contributed by atoms with van der Waals surface area (Å²) in [6.45, 7) is 6.82. The van der Waals surface area contributed by atoms with Gasteiger partial charge in [-0.1, -0.05) is 0 Å². The molecule has 0 aromatic heterocycles. The molecule has 1 amide bonds. The zero-order valence-corrected chi connectivity index (χ0v) is 13.9. The Morgan fingerprint density at radius 3 is 2.78 bits per heavy atom. The molecular formula is C17H25FN2O3. The van der Waals surface area contributed by atoms with E-state index in [0.29, 0.717) is 18.0 Å². The van der Waals surface area contributed by atoms with Crippen LogP contribution in [0.4, 0.5) is 20.6 Å². The van der Waals surface area contributed by atoms with Gasteiger partial charge < -0.3 is 14.8 Å². The molecule has 23 heavy (non-hydrogen) atoms. The van der Waals surface area contributed by atoms with Crippen LogP contribution in [0.25, 0.3) is 0 Å². The van der Waals surface area contributed by atoms with E-state index in [4.69, 9.17) is 9.47 Å². The van der Waals surface area contributed by atoms with Crippen LogP contribution in [0.2, 0.25) is 0 Å². The van der Waals surface area contributed by atoms with Crippen molar-refractivity contribution < 1.29 is 18.7 Å². The van der Waals surface area contributed by atoms with Crippen molar-refractivity contribution in [2.75, 3.05) is 23.8 Å². The maximum atomic E-state index is 13.6. The summed E-state index contributed by atoms with van der Waals surface area (Å²) in [5.74, 6) is -0.355. The lowest BCUT2D eigenvalue weighted by Crippen LogP contribution is -2.28. The summed E-state index contributed by atoms with van der Waals surface area (Å²) >= 11 is 0. The Bertz CT molecular complexity index is 535. The van der Waals surface area contributed by atoms with E-state index >= 15 is 0 Å². The maximum absolute atomic E-state index is 13.6. The topological polar surface area (TPSA) is 59.6 Å². The third-order valence-corrected chi connectivity index (χ3v) is 3.43. The van der Waals surface area contributed by atoms with Crippen LogP contribution in [0, 0.1) is 5.82 Å². The molecular weight excluding hydrogens is 299 g/mol. The van der Waals surface area contributed by atoms with Gasteiger partial charge in [-0.3, -0.25) is 5.32 Å². The molecule has 1 aromatic carbocycles. The fraction of sp³-hybridized carbons (Fsp3) is 0.588. The lowest BCUT2D eigenvalue weighted by Gasteiger charge is -2.22. The monoisotopic (exact) mass is 324 g/mol. The average molecular weight is 324 g/mol.